The fourth-order valence-corrected chi connectivity index (χ4v) is 4.34. The minimum Gasteiger partial charge on any atom is -0.494 e. The van der Waals surface area contributed by atoms with Gasteiger partial charge in [-0.3, -0.25) is 9.59 Å². The number of amides is 1. The van der Waals surface area contributed by atoms with Gasteiger partial charge in [0.1, 0.15) is 5.75 Å². The third-order valence-corrected chi connectivity index (χ3v) is 5.84. The minimum absolute atomic E-state index is 0.00825. The monoisotopic (exact) mass is 389 g/mol. The number of nitrogens with one attached hydrogen (secondary N) is 1. The van der Waals surface area contributed by atoms with Gasteiger partial charge in [-0.25, -0.2) is 0 Å². The second-order valence-corrected chi connectivity index (χ2v) is 8.05. The van der Waals surface area contributed by atoms with E-state index in [1.165, 1.54) is 5.56 Å². The van der Waals surface area contributed by atoms with Crippen LogP contribution in [0.3, 0.4) is 0 Å². The van der Waals surface area contributed by atoms with Crippen molar-refractivity contribution in [2.45, 2.75) is 51.4 Å². The number of ketones is 1. The summed E-state index contributed by atoms with van der Waals surface area (Å²) in [6.07, 6.45) is 2.47. The van der Waals surface area contributed by atoms with E-state index in [1.54, 1.807) is 0 Å². The molecule has 1 N–H and O–H groups in total. The van der Waals surface area contributed by atoms with Crippen molar-refractivity contribution in [2.24, 2.45) is 0 Å². The highest BCUT2D eigenvalue weighted by molar-refractivity contribution is 6.02. The molecule has 29 heavy (non-hydrogen) atoms. The summed E-state index contributed by atoms with van der Waals surface area (Å²) >= 11 is 0. The van der Waals surface area contributed by atoms with E-state index in [0.29, 0.717) is 25.9 Å². The van der Waals surface area contributed by atoms with Crippen LogP contribution in [0.4, 0.5) is 0 Å². The highest BCUT2D eigenvalue weighted by Crippen LogP contribution is 2.42. The van der Waals surface area contributed by atoms with Crippen molar-refractivity contribution in [1.82, 2.24) is 5.32 Å². The molecule has 2 aromatic carbocycles. The van der Waals surface area contributed by atoms with Crippen molar-refractivity contribution < 1.29 is 14.3 Å². The Labute approximate surface area is 172 Å². The average molecular weight is 389 g/mol. The van der Waals surface area contributed by atoms with E-state index in [2.05, 4.69) is 12.2 Å². The molecule has 2 aliphatic rings. The number of rotatable bonds is 5. The normalized spacial score (nSPS) is 21.6. The SMILES string of the molecule is CCCOc1ccc(C2CC(=O)C3=C(C2)NC(=O)CC3c2ccc(C)cc2)cc1. The number of aryl methyl sites for hydroxylation is 1. The molecule has 0 aromatic heterocycles. The van der Waals surface area contributed by atoms with Gasteiger partial charge in [-0.15, -0.1) is 0 Å². The predicted molar refractivity (Wildman–Crippen MR) is 113 cm³/mol. The summed E-state index contributed by atoms with van der Waals surface area (Å²) < 4.78 is 5.66. The molecule has 150 valence electrons. The number of hydrogen-bond acceptors (Lipinski definition) is 3. The molecule has 1 aliphatic carbocycles. The summed E-state index contributed by atoms with van der Waals surface area (Å²) in [6, 6.07) is 16.2. The molecule has 0 radical (unpaired) electrons. The van der Waals surface area contributed by atoms with Gasteiger partial charge in [-0.1, -0.05) is 48.9 Å². The molecule has 4 nitrogen and oxygen atoms in total. The number of hydrogen-bond donors (Lipinski definition) is 1. The van der Waals surface area contributed by atoms with E-state index in [9.17, 15) is 9.59 Å². The largest absolute Gasteiger partial charge is 0.494 e. The maximum Gasteiger partial charge on any atom is 0.225 e. The summed E-state index contributed by atoms with van der Waals surface area (Å²) in [5, 5.41) is 2.99. The second kappa shape index (κ2) is 8.24. The molecule has 2 atom stereocenters. The Balaban J connectivity index is 1.60. The van der Waals surface area contributed by atoms with E-state index in [4.69, 9.17) is 4.74 Å². The van der Waals surface area contributed by atoms with Crippen LogP contribution in [0, 0.1) is 6.92 Å². The lowest BCUT2D eigenvalue weighted by atomic mass is 9.73. The van der Waals surface area contributed by atoms with Crippen molar-refractivity contribution in [1.29, 1.82) is 0 Å². The lowest BCUT2D eigenvalue weighted by Crippen LogP contribution is -2.38. The molecule has 4 heteroatoms. The Morgan fingerprint density at radius 3 is 2.31 bits per heavy atom. The van der Waals surface area contributed by atoms with Crippen molar-refractivity contribution in [3.8, 4) is 5.75 Å². The summed E-state index contributed by atoms with van der Waals surface area (Å²) in [5.74, 6) is 0.929. The molecule has 1 aliphatic heterocycles. The minimum atomic E-state index is -0.141. The number of benzene rings is 2. The van der Waals surface area contributed by atoms with Gasteiger partial charge in [0.2, 0.25) is 5.91 Å². The summed E-state index contributed by atoms with van der Waals surface area (Å²) in [4.78, 5) is 25.5. The third kappa shape index (κ3) is 4.12. The second-order valence-electron chi connectivity index (χ2n) is 8.05. The zero-order chi connectivity index (χ0) is 20.4. The number of allylic oxidation sites excluding steroid dienone is 2. The number of carbonyl (C=O) groups is 2. The van der Waals surface area contributed by atoms with E-state index in [-0.39, 0.29) is 23.5 Å². The molecule has 0 fully saturated rings. The Morgan fingerprint density at radius 1 is 0.931 bits per heavy atom. The van der Waals surface area contributed by atoms with Crippen LogP contribution in [0.5, 0.6) is 5.75 Å². The van der Waals surface area contributed by atoms with Gasteiger partial charge in [-0.05, 0) is 48.9 Å². The van der Waals surface area contributed by atoms with Crippen LogP contribution in [-0.2, 0) is 9.59 Å². The van der Waals surface area contributed by atoms with Crippen molar-refractivity contribution in [3.63, 3.8) is 0 Å². The maximum absolute atomic E-state index is 13.1. The van der Waals surface area contributed by atoms with Crippen LogP contribution < -0.4 is 10.1 Å². The molecular formula is C25H27NO3. The Hall–Kier alpha value is -2.88. The van der Waals surface area contributed by atoms with Crippen LogP contribution in [0.15, 0.2) is 59.8 Å². The highest BCUT2D eigenvalue weighted by atomic mass is 16.5. The first kappa shape index (κ1) is 19.4. The lowest BCUT2D eigenvalue weighted by Gasteiger charge is -2.34. The van der Waals surface area contributed by atoms with E-state index in [1.807, 2.05) is 55.5 Å². The first-order valence-electron chi connectivity index (χ1n) is 10.4. The third-order valence-electron chi connectivity index (χ3n) is 5.84. The molecule has 2 aromatic rings. The molecule has 1 amide bonds. The quantitative estimate of drug-likeness (QED) is 0.800. The van der Waals surface area contributed by atoms with Crippen LogP contribution in [-0.4, -0.2) is 18.3 Å². The first-order chi connectivity index (χ1) is 14.0. The summed E-state index contributed by atoms with van der Waals surface area (Å²) in [7, 11) is 0. The Kier molecular flexibility index (Phi) is 5.52. The van der Waals surface area contributed by atoms with E-state index < -0.39 is 0 Å². The summed E-state index contributed by atoms with van der Waals surface area (Å²) in [5.41, 5.74) is 4.93. The van der Waals surface area contributed by atoms with E-state index in [0.717, 1.165) is 34.6 Å². The van der Waals surface area contributed by atoms with Crippen LogP contribution >= 0.6 is 0 Å². The average Bonchev–Trinajstić information content (AvgIpc) is 2.72. The molecule has 4 rings (SSSR count). The van der Waals surface area contributed by atoms with Gasteiger partial charge in [0.25, 0.3) is 0 Å². The lowest BCUT2D eigenvalue weighted by molar-refractivity contribution is -0.122. The number of Topliss-reactive ketones (excluding diaryl/α,β-unsaturated/α-hetero) is 1. The van der Waals surface area contributed by atoms with Gasteiger partial charge < -0.3 is 10.1 Å². The fraction of sp³-hybridized carbons (Fsp3) is 0.360. The first-order valence-corrected chi connectivity index (χ1v) is 10.4. The van der Waals surface area contributed by atoms with Gasteiger partial charge in [0.05, 0.1) is 6.61 Å². The van der Waals surface area contributed by atoms with Crippen molar-refractivity contribution >= 4 is 11.7 Å². The van der Waals surface area contributed by atoms with Gasteiger partial charge in [0, 0.05) is 30.0 Å². The molecular weight excluding hydrogens is 362 g/mol. The topological polar surface area (TPSA) is 55.4 Å². The van der Waals surface area contributed by atoms with E-state index >= 15 is 0 Å². The highest BCUT2D eigenvalue weighted by Gasteiger charge is 2.38. The zero-order valence-corrected chi connectivity index (χ0v) is 17.0. The van der Waals surface area contributed by atoms with Crippen molar-refractivity contribution in [2.75, 3.05) is 6.61 Å². The molecule has 1 heterocycles. The molecule has 0 saturated carbocycles. The number of ether oxygens (including phenoxy) is 1. The molecule has 0 saturated heterocycles. The zero-order valence-electron chi connectivity index (χ0n) is 17.0. The van der Waals surface area contributed by atoms with Gasteiger partial charge in [0.15, 0.2) is 5.78 Å². The Bertz CT molecular complexity index is 941. The van der Waals surface area contributed by atoms with Crippen LogP contribution in [0.2, 0.25) is 0 Å². The van der Waals surface area contributed by atoms with Crippen LogP contribution in [0.1, 0.15) is 61.1 Å². The smallest absolute Gasteiger partial charge is 0.225 e. The summed E-state index contributed by atoms with van der Waals surface area (Å²) in [6.45, 7) is 4.82. The van der Waals surface area contributed by atoms with Crippen LogP contribution in [0.25, 0.3) is 0 Å². The standard InChI is InChI=1S/C25H27NO3/c1-3-12-29-20-10-8-17(9-11-20)19-13-22-25(23(27)14-19)21(15-24(28)26-22)18-6-4-16(2)5-7-18/h4-11,19,21H,3,12-15H2,1-2H3,(H,26,28). The molecule has 0 bridgehead atoms. The van der Waals surface area contributed by atoms with Gasteiger partial charge in [-0.2, -0.15) is 0 Å². The maximum atomic E-state index is 13.1. The van der Waals surface area contributed by atoms with Crippen molar-refractivity contribution in [3.05, 3.63) is 76.5 Å². The number of carbonyl (C=O) groups excluding carboxylic acids is 2. The predicted octanol–water partition coefficient (Wildman–Crippen LogP) is 4.79. The molecule has 2 unspecified atom stereocenters. The molecule has 0 spiro atoms. The fourth-order valence-electron chi connectivity index (χ4n) is 4.34. The Morgan fingerprint density at radius 2 is 1.62 bits per heavy atom. The van der Waals surface area contributed by atoms with Gasteiger partial charge >= 0.3 is 0 Å².